The topological polar surface area (TPSA) is 53.1 Å². The van der Waals surface area contributed by atoms with Gasteiger partial charge in [-0.25, -0.2) is 4.98 Å². The first-order valence-electron chi connectivity index (χ1n) is 8.53. The van der Waals surface area contributed by atoms with Gasteiger partial charge >= 0.3 is 0 Å². The van der Waals surface area contributed by atoms with Gasteiger partial charge in [-0.3, -0.25) is 0 Å². The third-order valence-electron chi connectivity index (χ3n) is 4.18. The number of imidazole rings is 1. The molecule has 2 aromatic heterocycles. The molecule has 138 valence electrons. The van der Waals surface area contributed by atoms with Gasteiger partial charge in [0.05, 0.1) is 23.4 Å². The minimum absolute atomic E-state index is 0.636. The van der Waals surface area contributed by atoms with Crippen LogP contribution in [0, 0.1) is 0 Å². The number of fused-ring (bicyclic) bond motifs is 1. The van der Waals surface area contributed by atoms with Crippen molar-refractivity contribution in [1.29, 1.82) is 0 Å². The number of thioether (sulfide) groups is 1. The van der Waals surface area contributed by atoms with Crippen molar-refractivity contribution >= 4 is 34.4 Å². The Kier molecular flexibility index (Phi) is 5.48. The first-order chi connectivity index (χ1) is 13.2. The SMILES string of the molecule is COCCn1c(SCc2cc(-c3ccc(Cl)cc3)no2)nc2ccccc21. The van der Waals surface area contributed by atoms with E-state index in [1.807, 2.05) is 48.5 Å². The van der Waals surface area contributed by atoms with Crippen LogP contribution in [0.15, 0.2) is 64.3 Å². The van der Waals surface area contributed by atoms with Crippen molar-refractivity contribution in [3.05, 3.63) is 65.4 Å². The predicted molar refractivity (Wildman–Crippen MR) is 108 cm³/mol. The van der Waals surface area contributed by atoms with E-state index in [0.29, 0.717) is 17.4 Å². The summed E-state index contributed by atoms with van der Waals surface area (Å²) >= 11 is 7.57. The van der Waals surface area contributed by atoms with Gasteiger partial charge in [-0.15, -0.1) is 0 Å². The molecule has 4 aromatic rings. The largest absolute Gasteiger partial charge is 0.383 e. The Balaban J connectivity index is 1.52. The molecule has 2 aromatic carbocycles. The van der Waals surface area contributed by atoms with Crippen LogP contribution >= 0.6 is 23.4 Å². The van der Waals surface area contributed by atoms with Crippen LogP contribution in [0.3, 0.4) is 0 Å². The Morgan fingerprint density at radius 3 is 2.78 bits per heavy atom. The standard InChI is InChI=1S/C20H18ClN3O2S/c1-25-11-10-24-19-5-3-2-4-17(19)22-20(24)27-13-16-12-18(23-26-16)14-6-8-15(21)9-7-14/h2-9,12H,10-11,13H2,1H3. The number of halogens is 1. The minimum Gasteiger partial charge on any atom is -0.383 e. The number of hydrogen-bond donors (Lipinski definition) is 0. The van der Waals surface area contributed by atoms with Crippen LogP contribution in [0.2, 0.25) is 5.02 Å². The quantitative estimate of drug-likeness (QED) is 0.395. The monoisotopic (exact) mass is 399 g/mol. The number of benzene rings is 2. The van der Waals surface area contributed by atoms with Crippen LogP contribution in [0.1, 0.15) is 5.76 Å². The summed E-state index contributed by atoms with van der Waals surface area (Å²) in [5, 5.41) is 5.81. The number of rotatable bonds is 7. The number of aromatic nitrogens is 3. The molecule has 0 saturated carbocycles. The van der Waals surface area contributed by atoms with Crippen molar-refractivity contribution in [2.24, 2.45) is 0 Å². The second-order valence-electron chi connectivity index (χ2n) is 6.00. The lowest BCUT2D eigenvalue weighted by Crippen LogP contribution is -2.05. The number of hydrogen-bond acceptors (Lipinski definition) is 5. The fourth-order valence-electron chi connectivity index (χ4n) is 2.84. The molecule has 0 N–H and O–H groups in total. The minimum atomic E-state index is 0.636. The molecule has 0 fully saturated rings. The van der Waals surface area contributed by atoms with E-state index < -0.39 is 0 Å². The maximum atomic E-state index is 5.94. The lowest BCUT2D eigenvalue weighted by Gasteiger charge is -2.07. The first kappa shape index (κ1) is 18.1. The summed E-state index contributed by atoms with van der Waals surface area (Å²) in [6.45, 7) is 1.39. The molecular weight excluding hydrogens is 382 g/mol. The van der Waals surface area contributed by atoms with Gasteiger partial charge in [-0.05, 0) is 24.3 Å². The zero-order chi connectivity index (χ0) is 18.6. The van der Waals surface area contributed by atoms with E-state index in [1.165, 1.54) is 0 Å². The molecule has 0 saturated heterocycles. The average Bonchev–Trinajstić information content (AvgIpc) is 3.30. The van der Waals surface area contributed by atoms with Gasteiger partial charge < -0.3 is 13.8 Å². The van der Waals surface area contributed by atoms with Crippen LogP contribution in [0.5, 0.6) is 0 Å². The highest BCUT2D eigenvalue weighted by atomic mass is 35.5. The predicted octanol–water partition coefficient (Wildman–Crippen LogP) is 5.28. The zero-order valence-corrected chi connectivity index (χ0v) is 16.3. The first-order valence-corrected chi connectivity index (χ1v) is 9.89. The van der Waals surface area contributed by atoms with E-state index in [4.69, 9.17) is 25.8 Å². The van der Waals surface area contributed by atoms with E-state index in [0.717, 1.165) is 39.8 Å². The third kappa shape index (κ3) is 4.03. The van der Waals surface area contributed by atoms with Crippen LogP contribution < -0.4 is 0 Å². The number of methoxy groups -OCH3 is 1. The highest BCUT2D eigenvalue weighted by Crippen LogP contribution is 2.28. The Labute approximate surface area is 166 Å². The fourth-order valence-corrected chi connectivity index (χ4v) is 3.88. The van der Waals surface area contributed by atoms with E-state index in [9.17, 15) is 0 Å². The molecule has 2 heterocycles. The van der Waals surface area contributed by atoms with Crippen molar-refractivity contribution in [3.8, 4) is 11.3 Å². The molecule has 5 nitrogen and oxygen atoms in total. The van der Waals surface area contributed by atoms with Gasteiger partial charge in [0, 0.05) is 30.3 Å². The van der Waals surface area contributed by atoms with Crippen molar-refractivity contribution in [1.82, 2.24) is 14.7 Å². The maximum absolute atomic E-state index is 5.94. The molecule has 0 atom stereocenters. The Bertz CT molecular complexity index is 1040. The van der Waals surface area contributed by atoms with Crippen molar-refractivity contribution in [2.75, 3.05) is 13.7 Å². The van der Waals surface area contributed by atoms with E-state index in [1.54, 1.807) is 18.9 Å². The van der Waals surface area contributed by atoms with E-state index in [2.05, 4.69) is 15.8 Å². The third-order valence-corrected chi connectivity index (χ3v) is 5.43. The lowest BCUT2D eigenvalue weighted by atomic mass is 10.1. The van der Waals surface area contributed by atoms with E-state index in [-0.39, 0.29) is 0 Å². The molecule has 0 amide bonds. The summed E-state index contributed by atoms with van der Waals surface area (Å²) in [4.78, 5) is 4.75. The molecular formula is C20H18ClN3O2S. The molecule has 0 bridgehead atoms. The average molecular weight is 400 g/mol. The van der Waals surface area contributed by atoms with Gasteiger partial charge in [0.1, 0.15) is 11.5 Å². The second kappa shape index (κ2) is 8.17. The van der Waals surface area contributed by atoms with Crippen LogP contribution in [0.25, 0.3) is 22.3 Å². The van der Waals surface area contributed by atoms with Crippen molar-refractivity contribution in [3.63, 3.8) is 0 Å². The Morgan fingerprint density at radius 2 is 1.96 bits per heavy atom. The summed E-state index contributed by atoms with van der Waals surface area (Å²) in [6.07, 6.45) is 0. The van der Waals surface area contributed by atoms with Gasteiger partial charge in [-0.2, -0.15) is 0 Å². The summed E-state index contributed by atoms with van der Waals surface area (Å²) < 4.78 is 12.9. The van der Waals surface area contributed by atoms with Crippen LogP contribution in [-0.2, 0) is 17.0 Å². The molecule has 0 radical (unpaired) electrons. The Hall–Kier alpha value is -2.28. The van der Waals surface area contributed by atoms with Crippen LogP contribution in [-0.4, -0.2) is 28.4 Å². The van der Waals surface area contributed by atoms with Crippen LogP contribution in [0.4, 0.5) is 0 Å². The molecule has 7 heteroatoms. The summed E-state index contributed by atoms with van der Waals surface area (Å²) in [7, 11) is 1.71. The highest BCUT2D eigenvalue weighted by Gasteiger charge is 2.13. The van der Waals surface area contributed by atoms with Crippen molar-refractivity contribution < 1.29 is 9.26 Å². The van der Waals surface area contributed by atoms with Gasteiger partial charge in [0.15, 0.2) is 5.16 Å². The van der Waals surface area contributed by atoms with Crippen molar-refractivity contribution in [2.45, 2.75) is 17.5 Å². The smallest absolute Gasteiger partial charge is 0.169 e. The molecule has 27 heavy (non-hydrogen) atoms. The summed E-state index contributed by atoms with van der Waals surface area (Å²) in [6, 6.07) is 17.6. The van der Waals surface area contributed by atoms with Gasteiger partial charge in [-0.1, -0.05) is 52.8 Å². The molecule has 0 aliphatic carbocycles. The normalized spacial score (nSPS) is 11.3. The second-order valence-corrected chi connectivity index (χ2v) is 7.38. The molecule has 0 spiro atoms. The van der Waals surface area contributed by atoms with E-state index >= 15 is 0 Å². The molecule has 4 rings (SSSR count). The summed E-state index contributed by atoms with van der Waals surface area (Å²) in [5.41, 5.74) is 3.87. The number of nitrogens with zero attached hydrogens (tertiary/aromatic N) is 3. The molecule has 0 aliphatic heterocycles. The molecule has 0 aliphatic rings. The molecule has 0 unspecified atom stereocenters. The van der Waals surface area contributed by atoms with Gasteiger partial charge in [0.25, 0.3) is 0 Å². The maximum Gasteiger partial charge on any atom is 0.169 e. The van der Waals surface area contributed by atoms with Gasteiger partial charge in [0.2, 0.25) is 0 Å². The highest BCUT2D eigenvalue weighted by molar-refractivity contribution is 7.98. The lowest BCUT2D eigenvalue weighted by molar-refractivity contribution is 0.186. The zero-order valence-electron chi connectivity index (χ0n) is 14.8. The number of ether oxygens (including phenoxy) is 1. The summed E-state index contributed by atoms with van der Waals surface area (Å²) in [5.74, 6) is 1.45. The Morgan fingerprint density at radius 1 is 1.15 bits per heavy atom. The fraction of sp³-hybridized carbons (Fsp3) is 0.200. The number of para-hydroxylation sites is 2.